The van der Waals surface area contributed by atoms with Gasteiger partial charge in [0.25, 0.3) is 5.91 Å². The zero-order valence-corrected chi connectivity index (χ0v) is 12.5. The van der Waals surface area contributed by atoms with Gasteiger partial charge in [-0.25, -0.2) is 0 Å². The van der Waals surface area contributed by atoms with Crippen molar-refractivity contribution in [3.05, 3.63) is 23.8 Å². The summed E-state index contributed by atoms with van der Waals surface area (Å²) < 4.78 is 5.60. The molecule has 0 spiro atoms. The number of anilines is 1. The minimum atomic E-state index is -1.03. The monoisotopic (exact) mass is 291 g/mol. The predicted molar refractivity (Wildman–Crippen MR) is 79.7 cm³/mol. The first kappa shape index (κ1) is 15.4. The number of carboxylic acid groups (broad SMARTS) is 1. The van der Waals surface area contributed by atoms with Crippen LogP contribution in [-0.4, -0.2) is 29.6 Å². The van der Waals surface area contributed by atoms with Crippen LogP contribution in [0.4, 0.5) is 5.69 Å². The van der Waals surface area contributed by atoms with Gasteiger partial charge in [-0.3, -0.25) is 9.59 Å². The highest BCUT2D eigenvalue weighted by Gasteiger charge is 2.35. The van der Waals surface area contributed by atoms with Crippen LogP contribution in [-0.2, 0) is 9.59 Å². The van der Waals surface area contributed by atoms with Crippen LogP contribution in [0.2, 0.25) is 0 Å². The molecule has 0 bridgehead atoms. The van der Waals surface area contributed by atoms with Crippen molar-refractivity contribution >= 4 is 17.6 Å². The zero-order chi connectivity index (χ0) is 15.4. The van der Waals surface area contributed by atoms with E-state index >= 15 is 0 Å². The number of carbonyl (C=O) groups excluding carboxylic acids is 1. The van der Waals surface area contributed by atoms with E-state index in [2.05, 4.69) is 6.92 Å². The van der Waals surface area contributed by atoms with Crippen LogP contribution in [0.1, 0.15) is 38.2 Å². The lowest BCUT2D eigenvalue weighted by molar-refractivity contribution is -0.142. The molecular formula is C16H21NO4. The second-order valence-corrected chi connectivity index (χ2v) is 5.37. The smallest absolute Gasteiger partial charge is 0.307 e. The van der Waals surface area contributed by atoms with Gasteiger partial charge in [-0.2, -0.15) is 0 Å². The maximum absolute atomic E-state index is 12.4. The molecule has 1 N–H and O–H groups in total. The molecular weight excluding hydrogens is 270 g/mol. The van der Waals surface area contributed by atoms with Gasteiger partial charge in [0.2, 0.25) is 0 Å². The Morgan fingerprint density at radius 1 is 1.38 bits per heavy atom. The number of fused-ring (bicyclic) bond motifs is 1. The average molecular weight is 291 g/mol. The average Bonchev–Trinajstić information content (AvgIpc) is 2.42. The Balaban J connectivity index is 2.27. The fourth-order valence-corrected chi connectivity index (χ4v) is 2.47. The number of rotatable bonds is 6. The van der Waals surface area contributed by atoms with E-state index in [0.717, 1.165) is 30.5 Å². The molecule has 1 amide bonds. The third-order valence-electron chi connectivity index (χ3n) is 3.56. The molecule has 1 aromatic carbocycles. The van der Waals surface area contributed by atoms with Crippen LogP contribution >= 0.6 is 0 Å². The summed E-state index contributed by atoms with van der Waals surface area (Å²) in [6, 6.07) is 5.65. The molecule has 5 heteroatoms. The van der Waals surface area contributed by atoms with E-state index in [1.54, 1.807) is 4.90 Å². The molecule has 0 saturated heterocycles. The number of nitrogens with zero attached hydrogens (tertiary/aromatic N) is 1. The summed E-state index contributed by atoms with van der Waals surface area (Å²) in [5.41, 5.74) is 1.76. The highest BCUT2D eigenvalue weighted by molar-refractivity contribution is 6.01. The summed E-state index contributed by atoms with van der Waals surface area (Å²) in [6.07, 6.45) is 1.76. The molecule has 114 valence electrons. The van der Waals surface area contributed by atoms with Gasteiger partial charge in [0.1, 0.15) is 5.75 Å². The van der Waals surface area contributed by atoms with E-state index in [1.165, 1.54) is 0 Å². The van der Waals surface area contributed by atoms with Crippen molar-refractivity contribution in [2.24, 2.45) is 0 Å². The van der Waals surface area contributed by atoms with E-state index in [-0.39, 0.29) is 12.3 Å². The minimum Gasteiger partial charge on any atom is -0.481 e. The van der Waals surface area contributed by atoms with E-state index in [4.69, 9.17) is 9.84 Å². The third-order valence-corrected chi connectivity index (χ3v) is 3.56. The Labute approximate surface area is 124 Å². The molecule has 0 fully saturated rings. The van der Waals surface area contributed by atoms with Gasteiger partial charge in [0.05, 0.1) is 12.1 Å². The molecule has 1 heterocycles. The lowest BCUT2D eigenvalue weighted by Crippen LogP contribution is -2.47. The number of unbranched alkanes of at least 4 members (excludes halogenated alkanes) is 2. The van der Waals surface area contributed by atoms with Crippen LogP contribution in [0.5, 0.6) is 5.75 Å². The standard InChI is InChI=1S/C16H21NO4/c1-3-4-5-8-17-12-7-6-11(2)9-13(12)21-14(16(17)20)10-15(18)19/h6-7,9,14H,3-5,8,10H2,1-2H3,(H,18,19). The van der Waals surface area contributed by atoms with Gasteiger partial charge in [-0.1, -0.05) is 25.8 Å². The molecule has 0 aliphatic carbocycles. The molecule has 1 aliphatic heterocycles. The Hall–Kier alpha value is -2.04. The predicted octanol–water partition coefficient (Wildman–Crippen LogP) is 2.75. The molecule has 1 aromatic rings. The van der Waals surface area contributed by atoms with Gasteiger partial charge >= 0.3 is 5.97 Å². The van der Waals surface area contributed by atoms with Gasteiger partial charge in [-0.15, -0.1) is 0 Å². The van der Waals surface area contributed by atoms with E-state index in [1.807, 2.05) is 25.1 Å². The molecule has 2 rings (SSSR count). The quantitative estimate of drug-likeness (QED) is 0.818. The number of benzene rings is 1. The molecule has 1 aliphatic rings. The number of aryl methyl sites for hydroxylation is 1. The third kappa shape index (κ3) is 3.54. The highest BCUT2D eigenvalue weighted by atomic mass is 16.5. The summed E-state index contributed by atoms with van der Waals surface area (Å²) >= 11 is 0. The highest BCUT2D eigenvalue weighted by Crippen LogP contribution is 2.35. The summed E-state index contributed by atoms with van der Waals surface area (Å²) in [6.45, 7) is 4.64. The fourth-order valence-electron chi connectivity index (χ4n) is 2.47. The van der Waals surface area contributed by atoms with Crippen molar-refractivity contribution in [1.29, 1.82) is 0 Å². The lowest BCUT2D eigenvalue weighted by Gasteiger charge is -2.34. The van der Waals surface area contributed by atoms with Gasteiger partial charge in [0, 0.05) is 6.54 Å². The van der Waals surface area contributed by atoms with Crippen molar-refractivity contribution in [2.45, 2.75) is 45.6 Å². The summed E-state index contributed by atoms with van der Waals surface area (Å²) in [4.78, 5) is 25.0. The molecule has 0 radical (unpaired) electrons. The van der Waals surface area contributed by atoms with Crippen LogP contribution in [0.15, 0.2) is 18.2 Å². The van der Waals surface area contributed by atoms with E-state index in [0.29, 0.717) is 12.3 Å². The van der Waals surface area contributed by atoms with Crippen molar-refractivity contribution in [1.82, 2.24) is 0 Å². The molecule has 0 aromatic heterocycles. The van der Waals surface area contributed by atoms with Crippen LogP contribution in [0.25, 0.3) is 0 Å². The molecule has 21 heavy (non-hydrogen) atoms. The number of hydrogen-bond acceptors (Lipinski definition) is 3. The van der Waals surface area contributed by atoms with E-state index < -0.39 is 12.1 Å². The summed E-state index contributed by atoms with van der Waals surface area (Å²) in [5.74, 6) is -0.694. The first-order valence-electron chi connectivity index (χ1n) is 7.33. The first-order valence-corrected chi connectivity index (χ1v) is 7.33. The van der Waals surface area contributed by atoms with Crippen molar-refractivity contribution in [3.63, 3.8) is 0 Å². The largest absolute Gasteiger partial charge is 0.481 e. The van der Waals surface area contributed by atoms with E-state index in [9.17, 15) is 9.59 Å². The topological polar surface area (TPSA) is 66.8 Å². The van der Waals surface area contributed by atoms with Crippen molar-refractivity contribution < 1.29 is 19.4 Å². The fraction of sp³-hybridized carbons (Fsp3) is 0.500. The van der Waals surface area contributed by atoms with Gasteiger partial charge < -0.3 is 14.7 Å². The molecule has 0 saturated carbocycles. The van der Waals surface area contributed by atoms with Crippen molar-refractivity contribution in [3.8, 4) is 5.75 Å². The Bertz CT molecular complexity index is 541. The minimum absolute atomic E-state index is 0.259. The number of amides is 1. The van der Waals surface area contributed by atoms with Gasteiger partial charge in [0.15, 0.2) is 6.10 Å². The van der Waals surface area contributed by atoms with Crippen LogP contribution < -0.4 is 9.64 Å². The number of hydrogen-bond donors (Lipinski definition) is 1. The SMILES string of the molecule is CCCCCN1C(=O)C(CC(=O)O)Oc2cc(C)ccc21. The maximum atomic E-state index is 12.4. The van der Waals surface area contributed by atoms with Crippen LogP contribution in [0.3, 0.4) is 0 Å². The maximum Gasteiger partial charge on any atom is 0.307 e. The number of carboxylic acids is 1. The van der Waals surface area contributed by atoms with Crippen molar-refractivity contribution in [2.75, 3.05) is 11.4 Å². The Morgan fingerprint density at radius 2 is 2.14 bits per heavy atom. The van der Waals surface area contributed by atoms with Gasteiger partial charge in [-0.05, 0) is 31.0 Å². The molecule has 5 nitrogen and oxygen atoms in total. The normalized spacial score (nSPS) is 17.3. The molecule has 1 unspecified atom stereocenters. The number of aliphatic carboxylic acids is 1. The second kappa shape index (κ2) is 6.61. The Morgan fingerprint density at radius 3 is 2.81 bits per heavy atom. The van der Waals surface area contributed by atoms with Crippen LogP contribution in [0, 0.1) is 6.92 Å². The number of ether oxygens (including phenoxy) is 1. The number of carbonyl (C=O) groups is 2. The molecule has 1 atom stereocenters. The zero-order valence-electron chi connectivity index (χ0n) is 12.5. The second-order valence-electron chi connectivity index (χ2n) is 5.37. The first-order chi connectivity index (χ1) is 10.0. The summed E-state index contributed by atoms with van der Waals surface area (Å²) in [5, 5.41) is 8.94. The lowest BCUT2D eigenvalue weighted by atomic mass is 10.1. The Kier molecular flexibility index (Phi) is 4.83. The summed E-state index contributed by atoms with van der Waals surface area (Å²) in [7, 11) is 0.